The zero-order valence-electron chi connectivity index (χ0n) is 13.9. The van der Waals surface area contributed by atoms with Gasteiger partial charge in [0.1, 0.15) is 0 Å². The van der Waals surface area contributed by atoms with Crippen LogP contribution in [0.25, 0.3) is 0 Å². The number of benzene rings is 1. The van der Waals surface area contributed by atoms with Crippen LogP contribution < -0.4 is 10.6 Å². The maximum atomic E-state index is 13.4. The van der Waals surface area contributed by atoms with Crippen LogP contribution in [0.1, 0.15) is 43.9 Å². The normalized spacial score (nSPS) is 17.8. The fourth-order valence-electron chi connectivity index (χ4n) is 2.76. The van der Waals surface area contributed by atoms with Crippen LogP contribution in [-0.2, 0) is 15.7 Å². The number of hydrogen-bond acceptors (Lipinski definition) is 3. The predicted octanol–water partition coefficient (Wildman–Crippen LogP) is 3.84. The van der Waals surface area contributed by atoms with Crippen molar-refractivity contribution in [3.05, 3.63) is 46.7 Å². The molecule has 1 aromatic rings. The summed E-state index contributed by atoms with van der Waals surface area (Å²) >= 11 is 5.13. The summed E-state index contributed by atoms with van der Waals surface area (Å²) in [4.78, 5) is 12.5. The van der Waals surface area contributed by atoms with E-state index in [1.54, 1.807) is 6.92 Å². The molecule has 25 heavy (non-hydrogen) atoms. The zero-order chi connectivity index (χ0) is 18.6. The minimum Gasteiger partial charge on any atom is -0.463 e. The number of nitrogens with one attached hydrogen (secondary N) is 2. The van der Waals surface area contributed by atoms with Crippen molar-refractivity contribution in [3.63, 3.8) is 0 Å². The standard InChI is InChI=1S/C17H19F3N2O2S/c1-3-7-12-13(15(23)24-4-2)14(22-16(25)21-12)10-8-5-6-9-11(10)17(18,19)20/h5-6,8-9,14H,3-4,7H2,1-2H3,(H2,21,22,25)/t14-/m1/s1. The lowest BCUT2D eigenvalue weighted by molar-refractivity contribution is -0.141. The summed E-state index contributed by atoms with van der Waals surface area (Å²) in [5.41, 5.74) is -0.244. The number of thiocarbonyl (C=S) groups is 1. The third kappa shape index (κ3) is 4.31. The van der Waals surface area contributed by atoms with Crippen molar-refractivity contribution in [3.8, 4) is 0 Å². The van der Waals surface area contributed by atoms with Gasteiger partial charge in [0, 0.05) is 5.70 Å². The maximum Gasteiger partial charge on any atom is 0.416 e. The van der Waals surface area contributed by atoms with E-state index in [1.165, 1.54) is 18.2 Å². The molecule has 1 aliphatic rings. The molecule has 0 amide bonds. The van der Waals surface area contributed by atoms with Crippen molar-refractivity contribution in [1.29, 1.82) is 0 Å². The number of ether oxygens (including phenoxy) is 1. The lowest BCUT2D eigenvalue weighted by atomic mass is 9.90. The molecular formula is C17H19F3N2O2S. The van der Waals surface area contributed by atoms with Gasteiger partial charge in [0.25, 0.3) is 0 Å². The van der Waals surface area contributed by atoms with Gasteiger partial charge in [-0.05, 0) is 37.2 Å². The van der Waals surface area contributed by atoms with Crippen LogP contribution in [0.3, 0.4) is 0 Å². The van der Waals surface area contributed by atoms with Crippen LogP contribution >= 0.6 is 12.2 Å². The first-order valence-electron chi connectivity index (χ1n) is 7.93. The van der Waals surface area contributed by atoms with Gasteiger partial charge in [-0.1, -0.05) is 31.5 Å². The smallest absolute Gasteiger partial charge is 0.416 e. The Morgan fingerprint density at radius 1 is 1.28 bits per heavy atom. The molecule has 0 aliphatic carbocycles. The van der Waals surface area contributed by atoms with Gasteiger partial charge in [-0.15, -0.1) is 0 Å². The highest BCUT2D eigenvalue weighted by Gasteiger charge is 2.39. The first-order valence-corrected chi connectivity index (χ1v) is 8.34. The minimum absolute atomic E-state index is 0.0597. The molecule has 0 fully saturated rings. The number of alkyl halides is 3. The van der Waals surface area contributed by atoms with E-state index in [-0.39, 0.29) is 22.9 Å². The molecule has 1 aliphatic heterocycles. The van der Waals surface area contributed by atoms with Crippen LogP contribution in [-0.4, -0.2) is 17.7 Å². The number of halogens is 3. The Balaban J connectivity index is 2.63. The van der Waals surface area contributed by atoms with Gasteiger partial charge < -0.3 is 15.4 Å². The molecule has 136 valence electrons. The van der Waals surface area contributed by atoms with E-state index in [4.69, 9.17) is 17.0 Å². The van der Waals surface area contributed by atoms with E-state index in [0.717, 1.165) is 6.07 Å². The lowest BCUT2D eigenvalue weighted by Gasteiger charge is -2.32. The third-order valence-electron chi connectivity index (χ3n) is 3.73. The Morgan fingerprint density at radius 2 is 1.96 bits per heavy atom. The summed E-state index contributed by atoms with van der Waals surface area (Å²) in [5, 5.41) is 5.85. The van der Waals surface area contributed by atoms with Crippen molar-refractivity contribution >= 4 is 23.3 Å². The average molecular weight is 372 g/mol. The topological polar surface area (TPSA) is 50.4 Å². The van der Waals surface area contributed by atoms with Crippen molar-refractivity contribution in [1.82, 2.24) is 10.6 Å². The molecule has 0 aromatic heterocycles. The minimum atomic E-state index is -4.55. The third-order valence-corrected chi connectivity index (χ3v) is 3.95. The van der Waals surface area contributed by atoms with Crippen molar-refractivity contribution < 1.29 is 22.7 Å². The number of carbonyl (C=O) groups is 1. The molecule has 1 atom stereocenters. The molecule has 0 bridgehead atoms. The van der Waals surface area contributed by atoms with Gasteiger partial charge in [-0.3, -0.25) is 0 Å². The van der Waals surface area contributed by atoms with E-state index in [2.05, 4.69) is 10.6 Å². The van der Waals surface area contributed by atoms with Gasteiger partial charge in [-0.2, -0.15) is 13.2 Å². The van der Waals surface area contributed by atoms with Gasteiger partial charge in [0.05, 0.1) is 23.8 Å². The average Bonchev–Trinajstić information content (AvgIpc) is 2.54. The van der Waals surface area contributed by atoms with E-state index < -0.39 is 23.8 Å². The highest BCUT2D eigenvalue weighted by atomic mass is 32.1. The van der Waals surface area contributed by atoms with Crippen LogP contribution in [0, 0.1) is 0 Å². The molecule has 0 unspecified atom stereocenters. The lowest BCUT2D eigenvalue weighted by Crippen LogP contribution is -2.46. The Labute approximate surface area is 149 Å². The van der Waals surface area contributed by atoms with E-state index in [1.807, 2.05) is 6.92 Å². The second kappa shape index (κ2) is 7.86. The summed E-state index contributed by atoms with van der Waals surface area (Å²) in [5.74, 6) is -0.657. The first-order chi connectivity index (χ1) is 11.8. The SMILES string of the molecule is CCCC1=C(C(=O)OCC)[C@@H](c2ccccc2C(F)(F)F)NC(=S)N1. The van der Waals surface area contributed by atoms with Gasteiger partial charge in [-0.25, -0.2) is 4.79 Å². The Morgan fingerprint density at radius 3 is 2.56 bits per heavy atom. The number of esters is 1. The molecule has 8 heteroatoms. The Bertz CT molecular complexity index is 701. The molecule has 2 rings (SSSR count). The fourth-order valence-corrected chi connectivity index (χ4v) is 3.00. The summed E-state index contributed by atoms with van der Waals surface area (Å²) in [6, 6.07) is 4.13. The van der Waals surface area contributed by atoms with E-state index in [0.29, 0.717) is 18.5 Å². The Hall–Kier alpha value is -2.09. The summed E-state index contributed by atoms with van der Waals surface area (Å²) < 4.78 is 45.3. The number of hydrogen-bond donors (Lipinski definition) is 2. The monoisotopic (exact) mass is 372 g/mol. The summed E-state index contributed by atoms with van der Waals surface area (Å²) in [7, 11) is 0. The molecule has 0 saturated carbocycles. The largest absolute Gasteiger partial charge is 0.463 e. The van der Waals surface area contributed by atoms with Crippen molar-refractivity contribution in [2.24, 2.45) is 0 Å². The summed E-state index contributed by atoms with van der Waals surface area (Å²) in [6.07, 6.45) is -3.38. The van der Waals surface area contributed by atoms with Crippen LogP contribution in [0.2, 0.25) is 0 Å². The highest BCUT2D eigenvalue weighted by Crippen LogP contribution is 2.38. The Kier molecular flexibility index (Phi) is 6.05. The number of rotatable bonds is 5. The molecule has 4 nitrogen and oxygen atoms in total. The van der Waals surface area contributed by atoms with Crippen LogP contribution in [0.4, 0.5) is 13.2 Å². The maximum absolute atomic E-state index is 13.4. The predicted molar refractivity (Wildman–Crippen MR) is 91.6 cm³/mol. The number of allylic oxidation sites excluding steroid dienone is 1. The molecule has 0 saturated heterocycles. The summed E-state index contributed by atoms with van der Waals surface area (Å²) in [6.45, 7) is 3.67. The van der Waals surface area contributed by atoms with Gasteiger partial charge in [0.15, 0.2) is 5.11 Å². The van der Waals surface area contributed by atoms with Crippen molar-refractivity contribution in [2.75, 3.05) is 6.61 Å². The quantitative estimate of drug-likeness (QED) is 0.608. The molecule has 1 heterocycles. The molecule has 0 spiro atoms. The molecule has 1 aromatic carbocycles. The van der Waals surface area contributed by atoms with E-state index >= 15 is 0 Å². The highest BCUT2D eigenvalue weighted by molar-refractivity contribution is 7.80. The molecular weight excluding hydrogens is 353 g/mol. The first kappa shape index (κ1) is 19.2. The van der Waals surface area contributed by atoms with Crippen LogP contribution in [0.5, 0.6) is 0 Å². The van der Waals surface area contributed by atoms with Crippen molar-refractivity contribution in [2.45, 2.75) is 38.9 Å². The fraction of sp³-hybridized carbons (Fsp3) is 0.412. The molecule has 0 radical (unpaired) electrons. The zero-order valence-corrected chi connectivity index (χ0v) is 14.7. The second-order valence-corrected chi connectivity index (χ2v) is 5.89. The van der Waals surface area contributed by atoms with E-state index in [9.17, 15) is 18.0 Å². The second-order valence-electron chi connectivity index (χ2n) is 5.48. The van der Waals surface area contributed by atoms with Gasteiger partial charge in [0.2, 0.25) is 0 Å². The molecule has 2 N–H and O–H groups in total. The van der Waals surface area contributed by atoms with Gasteiger partial charge >= 0.3 is 12.1 Å². The number of carbonyl (C=O) groups excluding carboxylic acids is 1. The van der Waals surface area contributed by atoms with Crippen LogP contribution in [0.15, 0.2) is 35.5 Å².